The lowest BCUT2D eigenvalue weighted by molar-refractivity contribution is -0.137. The molecule has 5 heteroatoms. The van der Waals surface area contributed by atoms with Gasteiger partial charge in [0, 0.05) is 17.5 Å². The van der Waals surface area contributed by atoms with Crippen LogP contribution in [-0.4, -0.2) is 23.0 Å². The molecule has 2 N–H and O–H groups in total. The number of carboxylic acids is 1. The number of benzene rings is 1. The number of carbonyl (C=O) groups excluding carboxylic acids is 1. The molecule has 4 nitrogen and oxygen atoms in total. The van der Waals surface area contributed by atoms with E-state index in [1.807, 2.05) is 12.1 Å². The van der Waals surface area contributed by atoms with Crippen LogP contribution >= 0.6 is 11.6 Å². The van der Waals surface area contributed by atoms with Crippen LogP contribution in [0.25, 0.3) is 0 Å². The molecule has 0 radical (unpaired) electrons. The van der Waals surface area contributed by atoms with Gasteiger partial charge in [-0.15, -0.1) is 0 Å². The van der Waals surface area contributed by atoms with Crippen LogP contribution in [0.4, 0.5) is 0 Å². The average Bonchev–Trinajstić information content (AvgIpc) is 2.27. The molecule has 0 bridgehead atoms. The Morgan fingerprint density at radius 1 is 1.33 bits per heavy atom. The van der Waals surface area contributed by atoms with Crippen LogP contribution in [0.1, 0.15) is 25.3 Å². The first-order valence-electron chi connectivity index (χ1n) is 5.73. The molecular formula is C13H16ClNO3. The molecule has 1 aromatic carbocycles. The van der Waals surface area contributed by atoms with Crippen LogP contribution in [0.3, 0.4) is 0 Å². The predicted octanol–water partition coefficient (Wildman–Crippen LogP) is 2.25. The summed E-state index contributed by atoms with van der Waals surface area (Å²) >= 11 is 5.76. The maximum atomic E-state index is 11.5. The normalized spacial score (nSPS) is 11.9. The summed E-state index contributed by atoms with van der Waals surface area (Å²) in [6.45, 7) is 1.67. The second-order valence-corrected chi connectivity index (χ2v) is 4.63. The standard InChI is InChI=1S/C13H16ClNO3/c1-9(8-13(17)18)15-12(16)7-4-10-2-5-11(14)6-3-10/h2-3,5-6,9H,4,7-8H2,1H3,(H,15,16)(H,17,18). The van der Waals surface area contributed by atoms with E-state index in [2.05, 4.69) is 5.32 Å². The van der Waals surface area contributed by atoms with E-state index in [1.54, 1.807) is 19.1 Å². The summed E-state index contributed by atoms with van der Waals surface area (Å²) in [7, 11) is 0. The van der Waals surface area contributed by atoms with E-state index < -0.39 is 5.97 Å². The van der Waals surface area contributed by atoms with Crippen molar-refractivity contribution >= 4 is 23.5 Å². The molecule has 0 heterocycles. The molecule has 1 rings (SSSR count). The SMILES string of the molecule is CC(CC(=O)O)NC(=O)CCc1ccc(Cl)cc1. The fourth-order valence-corrected chi connectivity index (χ4v) is 1.69. The number of rotatable bonds is 6. The Balaban J connectivity index is 2.32. The summed E-state index contributed by atoms with van der Waals surface area (Å²) in [5, 5.41) is 11.9. The number of halogens is 1. The monoisotopic (exact) mass is 269 g/mol. The van der Waals surface area contributed by atoms with Gasteiger partial charge in [-0.1, -0.05) is 23.7 Å². The Morgan fingerprint density at radius 3 is 2.50 bits per heavy atom. The lowest BCUT2D eigenvalue weighted by Gasteiger charge is -2.11. The van der Waals surface area contributed by atoms with E-state index in [-0.39, 0.29) is 18.4 Å². The summed E-state index contributed by atoms with van der Waals surface area (Å²) in [6, 6.07) is 6.95. The van der Waals surface area contributed by atoms with Gasteiger partial charge in [-0.3, -0.25) is 9.59 Å². The average molecular weight is 270 g/mol. The zero-order valence-electron chi connectivity index (χ0n) is 10.1. The predicted molar refractivity (Wildman–Crippen MR) is 69.6 cm³/mol. The zero-order valence-corrected chi connectivity index (χ0v) is 10.9. The van der Waals surface area contributed by atoms with Gasteiger partial charge in [0.25, 0.3) is 0 Å². The molecule has 0 aliphatic heterocycles. The Hall–Kier alpha value is -1.55. The highest BCUT2D eigenvalue weighted by atomic mass is 35.5. The van der Waals surface area contributed by atoms with Gasteiger partial charge in [-0.25, -0.2) is 0 Å². The highest BCUT2D eigenvalue weighted by molar-refractivity contribution is 6.30. The summed E-state index contributed by atoms with van der Waals surface area (Å²) < 4.78 is 0. The fraction of sp³-hybridized carbons (Fsp3) is 0.385. The molecule has 1 amide bonds. The smallest absolute Gasteiger partial charge is 0.305 e. The van der Waals surface area contributed by atoms with Crippen LogP contribution in [0, 0.1) is 0 Å². The first-order chi connectivity index (χ1) is 8.47. The van der Waals surface area contributed by atoms with Crippen molar-refractivity contribution in [3.05, 3.63) is 34.9 Å². The van der Waals surface area contributed by atoms with E-state index in [9.17, 15) is 9.59 Å². The largest absolute Gasteiger partial charge is 0.481 e. The molecule has 0 fully saturated rings. The van der Waals surface area contributed by atoms with E-state index in [0.717, 1.165) is 5.56 Å². The van der Waals surface area contributed by atoms with Crippen LogP contribution in [0.15, 0.2) is 24.3 Å². The minimum absolute atomic E-state index is 0.0628. The number of hydrogen-bond acceptors (Lipinski definition) is 2. The van der Waals surface area contributed by atoms with Crippen molar-refractivity contribution in [3.8, 4) is 0 Å². The molecular weight excluding hydrogens is 254 g/mol. The van der Waals surface area contributed by atoms with Crippen molar-refractivity contribution < 1.29 is 14.7 Å². The first kappa shape index (κ1) is 14.5. The second kappa shape index (κ2) is 7.01. The number of aliphatic carboxylic acids is 1. The minimum Gasteiger partial charge on any atom is -0.481 e. The quantitative estimate of drug-likeness (QED) is 0.832. The molecule has 0 aromatic heterocycles. The first-order valence-corrected chi connectivity index (χ1v) is 6.11. The van der Waals surface area contributed by atoms with E-state index >= 15 is 0 Å². The summed E-state index contributed by atoms with van der Waals surface area (Å²) in [5.41, 5.74) is 1.03. The Bertz CT molecular complexity index is 417. The number of carboxylic acid groups (broad SMARTS) is 1. The third kappa shape index (κ3) is 5.68. The lowest BCUT2D eigenvalue weighted by atomic mass is 10.1. The molecule has 98 valence electrons. The van der Waals surface area contributed by atoms with Gasteiger partial charge in [0.2, 0.25) is 5.91 Å². The highest BCUT2D eigenvalue weighted by Crippen LogP contribution is 2.10. The van der Waals surface area contributed by atoms with Crippen molar-refractivity contribution in [1.82, 2.24) is 5.32 Å². The minimum atomic E-state index is -0.916. The number of aryl methyl sites for hydroxylation is 1. The summed E-state index contributed by atoms with van der Waals surface area (Å²) in [6.07, 6.45) is 0.890. The molecule has 0 aliphatic rings. The number of hydrogen-bond donors (Lipinski definition) is 2. The maximum absolute atomic E-state index is 11.5. The molecule has 0 aliphatic carbocycles. The van der Waals surface area contributed by atoms with Crippen LogP contribution < -0.4 is 5.32 Å². The van der Waals surface area contributed by atoms with Gasteiger partial charge in [0.1, 0.15) is 0 Å². The Labute approximate surface area is 111 Å². The van der Waals surface area contributed by atoms with Gasteiger partial charge < -0.3 is 10.4 Å². The summed E-state index contributed by atoms with van der Waals surface area (Å²) in [4.78, 5) is 22.0. The molecule has 0 saturated heterocycles. The van der Waals surface area contributed by atoms with E-state index in [4.69, 9.17) is 16.7 Å². The highest BCUT2D eigenvalue weighted by Gasteiger charge is 2.10. The van der Waals surface area contributed by atoms with Gasteiger partial charge >= 0.3 is 5.97 Å². The molecule has 0 spiro atoms. The lowest BCUT2D eigenvalue weighted by Crippen LogP contribution is -2.34. The summed E-state index contributed by atoms with van der Waals surface area (Å²) in [5.74, 6) is -1.06. The topological polar surface area (TPSA) is 66.4 Å². The maximum Gasteiger partial charge on any atom is 0.305 e. The van der Waals surface area contributed by atoms with Gasteiger partial charge in [0.15, 0.2) is 0 Å². The van der Waals surface area contributed by atoms with Crippen molar-refractivity contribution in [3.63, 3.8) is 0 Å². The van der Waals surface area contributed by atoms with Gasteiger partial charge in [-0.2, -0.15) is 0 Å². The third-order valence-electron chi connectivity index (χ3n) is 2.44. The molecule has 1 atom stereocenters. The molecule has 18 heavy (non-hydrogen) atoms. The van der Waals surface area contributed by atoms with Gasteiger partial charge in [-0.05, 0) is 31.0 Å². The molecule has 1 unspecified atom stereocenters. The molecule has 0 saturated carbocycles. The van der Waals surface area contributed by atoms with Gasteiger partial charge in [0.05, 0.1) is 6.42 Å². The Morgan fingerprint density at radius 2 is 1.94 bits per heavy atom. The molecule has 1 aromatic rings. The van der Waals surface area contributed by atoms with Crippen molar-refractivity contribution in [2.24, 2.45) is 0 Å². The number of nitrogens with one attached hydrogen (secondary N) is 1. The van der Waals surface area contributed by atoms with E-state index in [0.29, 0.717) is 17.9 Å². The van der Waals surface area contributed by atoms with Crippen molar-refractivity contribution in [1.29, 1.82) is 0 Å². The second-order valence-electron chi connectivity index (χ2n) is 4.19. The third-order valence-corrected chi connectivity index (χ3v) is 2.69. The fourth-order valence-electron chi connectivity index (χ4n) is 1.57. The van der Waals surface area contributed by atoms with Crippen LogP contribution in [0.5, 0.6) is 0 Å². The van der Waals surface area contributed by atoms with E-state index in [1.165, 1.54) is 0 Å². The Kier molecular flexibility index (Phi) is 5.65. The van der Waals surface area contributed by atoms with Crippen LogP contribution in [-0.2, 0) is 16.0 Å². The van der Waals surface area contributed by atoms with Crippen molar-refractivity contribution in [2.45, 2.75) is 32.2 Å². The van der Waals surface area contributed by atoms with Crippen LogP contribution in [0.2, 0.25) is 5.02 Å². The number of carbonyl (C=O) groups is 2. The van der Waals surface area contributed by atoms with Crippen molar-refractivity contribution in [2.75, 3.05) is 0 Å². The zero-order chi connectivity index (χ0) is 13.5. The number of amides is 1.